The van der Waals surface area contributed by atoms with Crippen LogP contribution in [0.15, 0.2) is 47.4 Å². The van der Waals surface area contributed by atoms with Gasteiger partial charge in [-0.15, -0.1) is 0 Å². The Morgan fingerprint density at radius 3 is 2.72 bits per heavy atom. The van der Waals surface area contributed by atoms with Crippen molar-refractivity contribution in [2.24, 2.45) is 0 Å². The number of nitrogens with one attached hydrogen (secondary N) is 2. The summed E-state index contributed by atoms with van der Waals surface area (Å²) in [4.78, 5) is 24.0. The first-order valence-electron chi connectivity index (χ1n) is 6.90. The second-order valence-corrected chi connectivity index (χ2v) is 6.67. The number of carbonyl (C=O) groups is 1. The van der Waals surface area contributed by atoms with E-state index in [1.165, 1.54) is 24.7 Å². The zero-order valence-electron chi connectivity index (χ0n) is 12.9. The predicted octanol–water partition coefficient (Wildman–Crippen LogP) is 1.15. The van der Waals surface area contributed by atoms with Gasteiger partial charge in [-0.2, -0.15) is 4.98 Å². The zero-order valence-corrected chi connectivity index (χ0v) is 13.7. The Bertz CT molecular complexity index is 1000. The van der Waals surface area contributed by atoms with Crippen LogP contribution in [-0.2, 0) is 10.0 Å². The highest BCUT2D eigenvalue weighted by Gasteiger charge is 2.17. The Kier molecular flexibility index (Phi) is 4.39. The minimum Gasteiger partial charge on any atom is -0.328 e. The molecule has 10 nitrogen and oxygen atoms in total. The van der Waals surface area contributed by atoms with E-state index in [-0.39, 0.29) is 11.7 Å². The number of carbonyl (C=O) groups excluding carboxylic acids is 1. The van der Waals surface area contributed by atoms with Crippen LogP contribution in [0, 0.1) is 0 Å². The minimum absolute atomic E-state index is 0.130. The van der Waals surface area contributed by atoms with E-state index in [0.717, 1.165) is 6.26 Å². The molecule has 0 atom stereocenters. The fourth-order valence-corrected chi connectivity index (χ4v) is 2.45. The number of benzene rings is 1. The van der Waals surface area contributed by atoms with E-state index in [9.17, 15) is 13.2 Å². The van der Waals surface area contributed by atoms with Crippen LogP contribution in [0.3, 0.4) is 0 Å². The highest BCUT2D eigenvalue weighted by molar-refractivity contribution is 7.92. The molecular formula is C14H12N6O4S. The quantitative estimate of drug-likeness (QED) is 0.690. The lowest BCUT2D eigenvalue weighted by atomic mass is 10.3. The maximum Gasteiger partial charge on any atom is 0.316 e. The summed E-state index contributed by atoms with van der Waals surface area (Å²) in [5, 5.41) is 6.22. The summed E-state index contributed by atoms with van der Waals surface area (Å²) in [6, 6.07) is 6.18. The van der Waals surface area contributed by atoms with Gasteiger partial charge in [-0.25, -0.2) is 13.4 Å². The highest BCUT2D eigenvalue weighted by Crippen LogP contribution is 2.17. The van der Waals surface area contributed by atoms with E-state index in [1.807, 2.05) is 0 Å². The molecule has 0 aliphatic rings. The Morgan fingerprint density at radius 1 is 1.20 bits per heavy atom. The van der Waals surface area contributed by atoms with E-state index in [4.69, 9.17) is 4.52 Å². The predicted molar refractivity (Wildman–Crippen MR) is 88.2 cm³/mol. The molecule has 0 aliphatic heterocycles. The summed E-state index contributed by atoms with van der Waals surface area (Å²) < 4.78 is 29.7. The molecule has 0 fully saturated rings. The van der Waals surface area contributed by atoms with Crippen LogP contribution in [0.25, 0.3) is 11.5 Å². The Hall–Kier alpha value is -3.34. The molecule has 2 heterocycles. The van der Waals surface area contributed by atoms with Crippen molar-refractivity contribution in [3.63, 3.8) is 0 Å². The summed E-state index contributed by atoms with van der Waals surface area (Å²) in [7, 11) is -3.42. The fourth-order valence-electron chi connectivity index (χ4n) is 1.89. The van der Waals surface area contributed by atoms with Gasteiger partial charge in [0.15, 0.2) is 0 Å². The third-order valence-corrected chi connectivity index (χ3v) is 3.44. The number of anilines is 2. The number of aromatic nitrogens is 4. The topological polar surface area (TPSA) is 140 Å². The van der Waals surface area contributed by atoms with Crippen LogP contribution >= 0.6 is 0 Å². The van der Waals surface area contributed by atoms with Crippen molar-refractivity contribution in [3.8, 4) is 11.5 Å². The average Bonchev–Trinajstić information content (AvgIpc) is 3.04. The summed E-state index contributed by atoms with van der Waals surface area (Å²) in [5.41, 5.74) is 1.04. The largest absolute Gasteiger partial charge is 0.328 e. The number of sulfonamides is 1. The van der Waals surface area contributed by atoms with Crippen molar-refractivity contribution in [3.05, 3.63) is 48.7 Å². The molecule has 0 saturated heterocycles. The van der Waals surface area contributed by atoms with Gasteiger partial charge in [0.2, 0.25) is 15.8 Å². The Morgan fingerprint density at radius 2 is 2.00 bits per heavy atom. The number of rotatable bonds is 5. The van der Waals surface area contributed by atoms with Crippen molar-refractivity contribution in [1.82, 2.24) is 20.1 Å². The number of amides is 1. The first-order chi connectivity index (χ1) is 11.9. The van der Waals surface area contributed by atoms with Crippen molar-refractivity contribution in [2.45, 2.75) is 0 Å². The lowest BCUT2D eigenvalue weighted by molar-refractivity contribution is 0.0981. The van der Waals surface area contributed by atoms with Crippen LogP contribution in [0.4, 0.5) is 11.4 Å². The van der Waals surface area contributed by atoms with Gasteiger partial charge in [0.05, 0.1) is 18.1 Å². The first-order valence-corrected chi connectivity index (χ1v) is 8.79. The molecule has 0 bridgehead atoms. The third-order valence-electron chi connectivity index (χ3n) is 2.84. The molecule has 25 heavy (non-hydrogen) atoms. The highest BCUT2D eigenvalue weighted by atomic mass is 32.2. The van der Waals surface area contributed by atoms with Gasteiger partial charge in [0, 0.05) is 18.1 Å². The molecule has 2 aromatic heterocycles. The lowest BCUT2D eigenvalue weighted by Crippen LogP contribution is -2.13. The van der Waals surface area contributed by atoms with Crippen LogP contribution in [0.2, 0.25) is 0 Å². The van der Waals surface area contributed by atoms with Gasteiger partial charge < -0.3 is 9.84 Å². The molecule has 1 aromatic carbocycles. The van der Waals surface area contributed by atoms with Crippen LogP contribution in [0.1, 0.15) is 10.7 Å². The second kappa shape index (κ2) is 6.65. The molecule has 0 spiro atoms. The van der Waals surface area contributed by atoms with Crippen LogP contribution < -0.4 is 10.0 Å². The van der Waals surface area contributed by atoms with Crippen molar-refractivity contribution >= 4 is 27.3 Å². The van der Waals surface area contributed by atoms with E-state index in [0.29, 0.717) is 17.1 Å². The van der Waals surface area contributed by atoms with Crippen molar-refractivity contribution in [2.75, 3.05) is 16.3 Å². The van der Waals surface area contributed by atoms with Crippen molar-refractivity contribution < 1.29 is 17.7 Å². The zero-order chi connectivity index (χ0) is 17.9. The third kappa shape index (κ3) is 4.35. The van der Waals surface area contributed by atoms with Crippen LogP contribution in [-0.4, -0.2) is 40.7 Å². The summed E-state index contributed by atoms with van der Waals surface area (Å²) in [5.74, 6) is -0.771. The lowest BCUT2D eigenvalue weighted by Gasteiger charge is -2.06. The average molecular weight is 360 g/mol. The molecule has 0 aliphatic carbocycles. The Labute approximate surface area is 142 Å². The van der Waals surface area contributed by atoms with Gasteiger partial charge in [0.1, 0.15) is 5.69 Å². The molecule has 11 heteroatoms. The van der Waals surface area contributed by atoms with E-state index >= 15 is 0 Å². The normalized spacial score (nSPS) is 11.1. The first kappa shape index (κ1) is 16.5. The molecule has 0 radical (unpaired) electrons. The number of hydrogen-bond acceptors (Lipinski definition) is 8. The van der Waals surface area contributed by atoms with E-state index < -0.39 is 15.9 Å². The fraction of sp³-hybridized carbons (Fsp3) is 0.0714. The van der Waals surface area contributed by atoms with Gasteiger partial charge in [-0.05, 0) is 18.2 Å². The maximum atomic E-state index is 12.2. The second-order valence-electron chi connectivity index (χ2n) is 4.92. The molecule has 128 valence electrons. The van der Waals surface area contributed by atoms with Gasteiger partial charge in [0.25, 0.3) is 0 Å². The molecule has 3 aromatic rings. The molecule has 1 amide bonds. The standard InChI is InChI=1S/C14H12N6O4S/c1-25(22,23)20-10-4-2-3-9(7-10)17-13(21)14-18-12(19-24-14)11-8-15-5-6-16-11/h2-8,20H,1H3,(H,17,21). The number of nitrogens with zero attached hydrogens (tertiary/aromatic N) is 4. The molecule has 2 N–H and O–H groups in total. The monoisotopic (exact) mass is 360 g/mol. The summed E-state index contributed by atoms with van der Waals surface area (Å²) in [6.45, 7) is 0. The summed E-state index contributed by atoms with van der Waals surface area (Å²) >= 11 is 0. The van der Waals surface area contributed by atoms with E-state index in [1.54, 1.807) is 18.2 Å². The molecule has 3 rings (SSSR count). The molecular weight excluding hydrogens is 348 g/mol. The SMILES string of the molecule is CS(=O)(=O)Nc1cccc(NC(=O)c2nc(-c3cnccn3)no2)c1. The van der Waals surface area contributed by atoms with Crippen molar-refractivity contribution in [1.29, 1.82) is 0 Å². The molecule has 0 unspecified atom stereocenters. The van der Waals surface area contributed by atoms with Gasteiger partial charge in [-0.1, -0.05) is 11.2 Å². The number of hydrogen-bond donors (Lipinski definition) is 2. The van der Waals surface area contributed by atoms with E-state index in [2.05, 4.69) is 30.1 Å². The van der Waals surface area contributed by atoms with Gasteiger partial charge in [-0.3, -0.25) is 14.5 Å². The summed E-state index contributed by atoms with van der Waals surface area (Å²) in [6.07, 6.45) is 5.43. The minimum atomic E-state index is -3.42. The van der Waals surface area contributed by atoms with Crippen LogP contribution in [0.5, 0.6) is 0 Å². The van der Waals surface area contributed by atoms with Gasteiger partial charge >= 0.3 is 11.8 Å². The molecule has 0 saturated carbocycles. The Balaban J connectivity index is 1.75. The maximum absolute atomic E-state index is 12.2. The smallest absolute Gasteiger partial charge is 0.316 e.